The van der Waals surface area contributed by atoms with Crippen molar-refractivity contribution in [2.75, 3.05) is 0 Å². The van der Waals surface area contributed by atoms with Crippen molar-refractivity contribution < 1.29 is 24.9 Å². The molecule has 172 valence electrons. The number of carbonyl (C=O) groups is 2. The monoisotopic (exact) mass is 457 g/mol. The summed E-state index contributed by atoms with van der Waals surface area (Å²) >= 11 is 0. The van der Waals surface area contributed by atoms with Crippen LogP contribution in [-0.2, 0) is 4.79 Å². The van der Waals surface area contributed by atoms with Crippen molar-refractivity contribution in [1.82, 2.24) is 10.7 Å². The highest BCUT2D eigenvalue weighted by molar-refractivity contribution is 6.03. The maximum atomic E-state index is 12.8. The van der Waals surface area contributed by atoms with Crippen LogP contribution in [0.15, 0.2) is 95.2 Å². The van der Waals surface area contributed by atoms with Gasteiger partial charge in [-0.3, -0.25) is 9.59 Å². The number of nitrogens with zero attached hydrogens (tertiary/aromatic N) is 1. The van der Waals surface area contributed by atoms with E-state index in [0.29, 0.717) is 11.1 Å². The summed E-state index contributed by atoms with van der Waals surface area (Å²) in [6.07, 6.45) is 4.46. The van der Waals surface area contributed by atoms with E-state index < -0.39 is 29.1 Å². The van der Waals surface area contributed by atoms with Gasteiger partial charge in [-0.2, -0.15) is 5.10 Å². The van der Waals surface area contributed by atoms with E-state index in [4.69, 9.17) is 0 Å². The maximum absolute atomic E-state index is 12.8. The van der Waals surface area contributed by atoms with Crippen molar-refractivity contribution in [2.24, 2.45) is 5.10 Å². The predicted octanol–water partition coefficient (Wildman–Crippen LogP) is 3.67. The Kier molecular flexibility index (Phi) is 7.80. The summed E-state index contributed by atoms with van der Waals surface area (Å²) in [7, 11) is 0. The third kappa shape index (κ3) is 6.33. The minimum Gasteiger partial charge on any atom is -0.504 e. The van der Waals surface area contributed by atoms with E-state index in [1.54, 1.807) is 37.3 Å². The van der Waals surface area contributed by atoms with Gasteiger partial charge >= 0.3 is 0 Å². The highest BCUT2D eigenvalue weighted by Crippen LogP contribution is 2.36. The first-order chi connectivity index (χ1) is 16.3. The van der Waals surface area contributed by atoms with Gasteiger partial charge in [0.25, 0.3) is 11.8 Å². The van der Waals surface area contributed by atoms with Crippen LogP contribution in [0.5, 0.6) is 17.2 Å². The lowest BCUT2D eigenvalue weighted by Crippen LogP contribution is -2.33. The fourth-order valence-corrected chi connectivity index (χ4v) is 2.93. The van der Waals surface area contributed by atoms with E-state index in [-0.39, 0.29) is 11.3 Å². The van der Waals surface area contributed by atoms with Crippen LogP contribution >= 0.6 is 0 Å². The van der Waals surface area contributed by atoms with Crippen LogP contribution in [-0.4, -0.2) is 33.3 Å². The Labute approximate surface area is 196 Å². The Morgan fingerprint density at radius 3 is 2.18 bits per heavy atom. The second kappa shape index (κ2) is 11.1. The molecule has 0 bridgehead atoms. The molecule has 0 radical (unpaired) electrons. The molecule has 34 heavy (non-hydrogen) atoms. The Bertz CT molecular complexity index is 1270. The highest BCUT2D eigenvalue weighted by Gasteiger charge is 2.15. The minimum atomic E-state index is -0.705. The second-order valence-corrected chi connectivity index (χ2v) is 7.25. The summed E-state index contributed by atoms with van der Waals surface area (Å²) in [5.41, 5.74) is 4.30. The van der Waals surface area contributed by atoms with E-state index in [2.05, 4.69) is 15.8 Å². The number of nitrogens with one attached hydrogen (secondary N) is 2. The zero-order chi connectivity index (χ0) is 24.5. The lowest BCUT2D eigenvalue weighted by molar-refractivity contribution is -0.117. The lowest BCUT2D eigenvalue weighted by Gasteiger charge is -2.09. The molecule has 8 nitrogen and oxygen atoms in total. The van der Waals surface area contributed by atoms with Crippen LogP contribution in [0.1, 0.15) is 28.4 Å². The first-order valence-corrected chi connectivity index (χ1v) is 10.2. The predicted molar refractivity (Wildman–Crippen MR) is 129 cm³/mol. The normalized spacial score (nSPS) is 11.9. The average molecular weight is 457 g/mol. The standard InChI is InChI=1S/C26H23N3O5/c1-17(14-18-8-4-2-5-9-18)15-21(28-25(33)19-10-6-3-7-11-19)26(34)29-27-16-20-12-13-22(30)24(32)23(20)31/h2-16,30-32H,1H3,(H,28,33)(H,29,34)/b17-14?,21-15+,27-16+. The van der Waals surface area contributed by atoms with Gasteiger partial charge in [0.1, 0.15) is 5.70 Å². The summed E-state index contributed by atoms with van der Waals surface area (Å²) in [6.45, 7) is 1.79. The van der Waals surface area contributed by atoms with Crippen LogP contribution in [0.3, 0.4) is 0 Å². The molecule has 0 heterocycles. The van der Waals surface area contributed by atoms with E-state index in [1.165, 1.54) is 18.2 Å². The van der Waals surface area contributed by atoms with Crippen molar-refractivity contribution >= 4 is 24.1 Å². The van der Waals surface area contributed by atoms with Crippen LogP contribution in [0.25, 0.3) is 6.08 Å². The molecule has 3 rings (SSSR count). The molecule has 0 saturated carbocycles. The van der Waals surface area contributed by atoms with E-state index >= 15 is 0 Å². The smallest absolute Gasteiger partial charge is 0.287 e. The van der Waals surface area contributed by atoms with Gasteiger partial charge in [-0.05, 0) is 48.4 Å². The number of phenolic OH excluding ortho intramolecular Hbond substituents is 3. The molecule has 0 spiro atoms. The molecule has 3 aromatic rings. The quantitative estimate of drug-likeness (QED) is 0.121. The molecule has 0 fully saturated rings. The molecule has 5 N–H and O–H groups in total. The maximum Gasteiger partial charge on any atom is 0.287 e. The number of hydrazone groups is 1. The fraction of sp³-hybridized carbons (Fsp3) is 0.0385. The van der Waals surface area contributed by atoms with Gasteiger partial charge in [-0.1, -0.05) is 54.6 Å². The van der Waals surface area contributed by atoms with Gasteiger partial charge in [0.2, 0.25) is 5.75 Å². The first-order valence-electron chi connectivity index (χ1n) is 10.2. The third-order valence-electron chi connectivity index (χ3n) is 4.63. The zero-order valence-corrected chi connectivity index (χ0v) is 18.3. The number of phenols is 3. The third-order valence-corrected chi connectivity index (χ3v) is 4.63. The Morgan fingerprint density at radius 1 is 0.853 bits per heavy atom. The summed E-state index contributed by atoms with van der Waals surface area (Å²) in [5.74, 6) is -2.96. The van der Waals surface area contributed by atoms with Gasteiger partial charge < -0.3 is 20.6 Å². The van der Waals surface area contributed by atoms with E-state index in [9.17, 15) is 24.9 Å². The molecule has 2 amide bonds. The molecular weight excluding hydrogens is 434 g/mol. The molecule has 0 unspecified atom stereocenters. The molecule has 0 saturated heterocycles. The van der Waals surface area contributed by atoms with Crippen LogP contribution in [0.2, 0.25) is 0 Å². The van der Waals surface area contributed by atoms with E-state index in [1.807, 2.05) is 36.4 Å². The second-order valence-electron chi connectivity index (χ2n) is 7.25. The topological polar surface area (TPSA) is 131 Å². The number of hydrogen-bond acceptors (Lipinski definition) is 6. The number of carbonyl (C=O) groups excluding carboxylic acids is 2. The number of amides is 2. The number of hydrogen-bond donors (Lipinski definition) is 5. The van der Waals surface area contributed by atoms with E-state index in [0.717, 1.165) is 11.8 Å². The fourth-order valence-electron chi connectivity index (χ4n) is 2.93. The summed E-state index contributed by atoms with van der Waals surface area (Å²) in [4.78, 5) is 25.4. The Balaban J connectivity index is 1.83. The molecule has 0 aliphatic rings. The van der Waals surface area contributed by atoms with Gasteiger partial charge in [0, 0.05) is 11.1 Å². The summed E-state index contributed by atoms with van der Waals surface area (Å²) in [6, 6.07) is 20.4. The molecule has 8 heteroatoms. The van der Waals surface area contributed by atoms with Crippen LogP contribution in [0, 0.1) is 0 Å². The van der Waals surface area contributed by atoms with Gasteiger partial charge in [0.05, 0.1) is 6.21 Å². The molecule has 0 aliphatic heterocycles. The molecular formula is C26H23N3O5. The van der Waals surface area contributed by atoms with Gasteiger partial charge in [0.15, 0.2) is 11.5 Å². The first kappa shape index (κ1) is 23.8. The Hall–Kier alpha value is -4.85. The van der Waals surface area contributed by atoms with Crippen LogP contribution in [0.4, 0.5) is 0 Å². The van der Waals surface area contributed by atoms with Crippen molar-refractivity contribution in [1.29, 1.82) is 0 Å². The van der Waals surface area contributed by atoms with Crippen molar-refractivity contribution in [2.45, 2.75) is 6.92 Å². The average Bonchev–Trinajstić information content (AvgIpc) is 2.84. The minimum absolute atomic E-state index is 0.0477. The molecule has 0 aromatic heterocycles. The van der Waals surface area contributed by atoms with Crippen molar-refractivity contribution in [3.8, 4) is 17.2 Å². The van der Waals surface area contributed by atoms with Crippen molar-refractivity contribution in [3.05, 3.63) is 107 Å². The molecule has 3 aromatic carbocycles. The Morgan fingerprint density at radius 2 is 1.50 bits per heavy atom. The number of rotatable bonds is 7. The number of aromatic hydroxyl groups is 3. The van der Waals surface area contributed by atoms with Gasteiger partial charge in [-0.15, -0.1) is 0 Å². The summed E-state index contributed by atoms with van der Waals surface area (Å²) < 4.78 is 0. The lowest BCUT2D eigenvalue weighted by atomic mass is 10.1. The summed E-state index contributed by atoms with van der Waals surface area (Å²) in [5, 5.41) is 35.2. The largest absolute Gasteiger partial charge is 0.504 e. The highest BCUT2D eigenvalue weighted by atomic mass is 16.3. The molecule has 0 aliphatic carbocycles. The van der Waals surface area contributed by atoms with Gasteiger partial charge in [-0.25, -0.2) is 5.43 Å². The zero-order valence-electron chi connectivity index (χ0n) is 18.3. The van der Waals surface area contributed by atoms with Crippen molar-refractivity contribution in [3.63, 3.8) is 0 Å². The SMILES string of the molecule is CC(=Cc1ccccc1)/C=C(/NC(=O)c1ccccc1)C(=O)N/N=C/c1ccc(O)c(O)c1O. The number of allylic oxidation sites excluding steroid dienone is 2. The molecule has 0 atom stereocenters. The van der Waals surface area contributed by atoms with Crippen LogP contribution < -0.4 is 10.7 Å². The number of benzene rings is 3.